The van der Waals surface area contributed by atoms with Crippen LogP contribution < -0.4 is 10.0 Å². The first-order chi connectivity index (χ1) is 11.6. The lowest BCUT2D eigenvalue weighted by atomic mass is 10.1. The molecule has 0 saturated carbocycles. The minimum absolute atomic E-state index is 0.0884. The summed E-state index contributed by atoms with van der Waals surface area (Å²) in [6.07, 6.45) is 0. The molecule has 130 valence electrons. The molecule has 0 radical (unpaired) electrons. The molecule has 0 unspecified atom stereocenters. The molecule has 0 fully saturated rings. The zero-order valence-electron chi connectivity index (χ0n) is 14.2. The van der Waals surface area contributed by atoms with Crippen molar-refractivity contribution in [3.05, 3.63) is 59.7 Å². The Morgan fingerprint density at radius 1 is 1.08 bits per heavy atom. The normalized spacial score (nSPS) is 11.6. The van der Waals surface area contributed by atoms with Crippen LogP contribution >= 0.6 is 0 Å². The van der Waals surface area contributed by atoms with Gasteiger partial charge in [-0.2, -0.15) is 5.26 Å². The Bertz CT molecular complexity index is 921. The molecule has 2 aromatic rings. The lowest BCUT2D eigenvalue weighted by molar-refractivity contribution is 0.102. The van der Waals surface area contributed by atoms with Crippen LogP contribution in [0.5, 0.6) is 0 Å². The van der Waals surface area contributed by atoms with Gasteiger partial charge in [-0.25, -0.2) is 13.1 Å². The first kappa shape index (κ1) is 18.6. The summed E-state index contributed by atoms with van der Waals surface area (Å²) in [5, 5.41) is 11.5. The second kappa shape index (κ2) is 7.05. The van der Waals surface area contributed by atoms with Gasteiger partial charge in [-0.3, -0.25) is 4.79 Å². The maximum atomic E-state index is 12.2. The number of hydrogen-bond acceptors (Lipinski definition) is 4. The number of sulfonamides is 1. The fraction of sp³-hybridized carbons (Fsp3) is 0.222. The zero-order chi connectivity index (χ0) is 18.7. The summed E-state index contributed by atoms with van der Waals surface area (Å²) in [6.45, 7) is 5.26. The number of amides is 1. The average Bonchev–Trinajstić information content (AvgIpc) is 2.53. The van der Waals surface area contributed by atoms with E-state index in [1.807, 2.05) is 6.07 Å². The summed E-state index contributed by atoms with van der Waals surface area (Å²) in [5.41, 5.74) is 0.653. The summed E-state index contributed by atoms with van der Waals surface area (Å²) in [6, 6.07) is 14.2. The first-order valence-electron chi connectivity index (χ1n) is 7.56. The first-order valence-corrected chi connectivity index (χ1v) is 9.05. The quantitative estimate of drug-likeness (QED) is 0.879. The Kier molecular flexibility index (Phi) is 5.26. The Morgan fingerprint density at radius 2 is 1.72 bits per heavy atom. The Balaban J connectivity index is 2.16. The van der Waals surface area contributed by atoms with Crippen LogP contribution in [0, 0.1) is 11.3 Å². The molecular formula is C18H19N3O3S. The fourth-order valence-corrected chi connectivity index (χ4v) is 3.54. The van der Waals surface area contributed by atoms with Crippen molar-refractivity contribution in [1.82, 2.24) is 4.72 Å². The summed E-state index contributed by atoms with van der Waals surface area (Å²) in [4.78, 5) is 12.3. The summed E-state index contributed by atoms with van der Waals surface area (Å²) in [5.74, 6) is -0.386. The number of benzene rings is 2. The molecular weight excluding hydrogens is 338 g/mol. The smallest absolute Gasteiger partial charge is 0.255 e. The Hall–Kier alpha value is -2.69. The standard InChI is InChI=1S/C18H19N3O3S/c1-18(2,3)21-25(23,24)16-9-7-14(8-10-16)17(22)20-15-6-4-5-13(11-15)12-19/h4-11,21H,1-3H3,(H,20,22). The largest absolute Gasteiger partial charge is 0.322 e. The highest BCUT2D eigenvalue weighted by Crippen LogP contribution is 2.16. The molecule has 0 aromatic heterocycles. The minimum Gasteiger partial charge on any atom is -0.322 e. The van der Waals surface area contributed by atoms with Crippen molar-refractivity contribution in [2.75, 3.05) is 5.32 Å². The molecule has 25 heavy (non-hydrogen) atoms. The second-order valence-corrected chi connectivity index (χ2v) is 8.21. The van der Waals surface area contributed by atoms with Gasteiger partial charge < -0.3 is 5.32 Å². The topological polar surface area (TPSA) is 99.1 Å². The summed E-state index contributed by atoms with van der Waals surface area (Å²) < 4.78 is 27.1. The van der Waals surface area contributed by atoms with Gasteiger partial charge in [0.25, 0.3) is 5.91 Å². The summed E-state index contributed by atoms with van der Waals surface area (Å²) in [7, 11) is -3.65. The SMILES string of the molecule is CC(C)(C)NS(=O)(=O)c1ccc(C(=O)Nc2cccc(C#N)c2)cc1. The van der Waals surface area contributed by atoms with Gasteiger partial charge in [-0.1, -0.05) is 6.07 Å². The van der Waals surface area contributed by atoms with Crippen molar-refractivity contribution in [1.29, 1.82) is 5.26 Å². The van der Waals surface area contributed by atoms with Crippen LogP contribution in [0.25, 0.3) is 0 Å². The van der Waals surface area contributed by atoms with Gasteiger partial charge in [-0.15, -0.1) is 0 Å². The van der Waals surface area contributed by atoms with Gasteiger partial charge in [0.2, 0.25) is 10.0 Å². The van der Waals surface area contributed by atoms with E-state index in [9.17, 15) is 13.2 Å². The number of nitrogens with one attached hydrogen (secondary N) is 2. The van der Waals surface area contributed by atoms with E-state index in [-0.39, 0.29) is 10.8 Å². The lowest BCUT2D eigenvalue weighted by Gasteiger charge is -2.20. The van der Waals surface area contributed by atoms with Crippen molar-refractivity contribution < 1.29 is 13.2 Å². The number of carbonyl (C=O) groups excluding carboxylic acids is 1. The van der Waals surface area contributed by atoms with Gasteiger partial charge in [0.1, 0.15) is 0 Å². The third-order valence-corrected chi connectivity index (χ3v) is 4.89. The van der Waals surface area contributed by atoms with Crippen LogP contribution in [-0.4, -0.2) is 19.9 Å². The van der Waals surface area contributed by atoms with E-state index in [2.05, 4.69) is 10.0 Å². The van der Waals surface area contributed by atoms with E-state index < -0.39 is 15.6 Å². The van der Waals surface area contributed by atoms with Crippen LogP contribution in [0.2, 0.25) is 0 Å². The molecule has 0 aliphatic heterocycles. The van der Waals surface area contributed by atoms with E-state index in [1.54, 1.807) is 45.0 Å². The van der Waals surface area contributed by atoms with Crippen molar-refractivity contribution in [2.45, 2.75) is 31.2 Å². The van der Waals surface area contributed by atoms with Crippen LogP contribution in [0.1, 0.15) is 36.7 Å². The third-order valence-electron chi connectivity index (χ3n) is 3.12. The number of carbonyl (C=O) groups is 1. The van der Waals surface area contributed by atoms with Crippen molar-refractivity contribution in [3.8, 4) is 6.07 Å². The second-order valence-electron chi connectivity index (χ2n) is 6.53. The fourth-order valence-electron chi connectivity index (χ4n) is 2.12. The monoisotopic (exact) mass is 357 g/mol. The molecule has 0 spiro atoms. The highest BCUT2D eigenvalue weighted by atomic mass is 32.2. The summed E-state index contributed by atoms with van der Waals surface area (Å²) >= 11 is 0. The molecule has 0 saturated heterocycles. The Morgan fingerprint density at radius 3 is 2.28 bits per heavy atom. The molecule has 6 nitrogen and oxygen atoms in total. The van der Waals surface area contributed by atoms with Gasteiger partial charge in [0.15, 0.2) is 0 Å². The number of nitriles is 1. The van der Waals surface area contributed by atoms with Gasteiger partial charge in [0, 0.05) is 16.8 Å². The van der Waals surface area contributed by atoms with E-state index >= 15 is 0 Å². The predicted molar refractivity (Wildman–Crippen MR) is 95.6 cm³/mol. The van der Waals surface area contributed by atoms with Gasteiger partial charge >= 0.3 is 0 Å². The molecule has 0 aliphatic rings. The highest BCUT2D eigenvalue weighted by Gasteiger charge is 2.22. The maximum absolute atomic E-state index is 12.2. The molecule has 0 atom stereocenters. The molecule has 1 amide bonds. The maximum Gasteiger partial charge on any atom is 0.255 e. The number of anilines is 1. The minimum atomic E-state index is -3.65. The average molecular weight is 357 g/mol. The van der Waals surface area contributed by atoms with Crippen LogP contribution in [-0.2, 0) is 10.0 Å². The predicted octanol–water partition coefficient (Wildman–Crippen LogP) is 2.89. The molecule has 0 aliphatic carbocycles. The molecule has 0 bridgehead atoms. The van der Waals surface area contributed by atoms with E-state index in [1.165, 1.54) is 24.3 Å². The molecule has 2 N–H and O–H groups in total. The van der Waals surface area contributed by atoms with Crippen LogP contribution in [0.3, 0.4) is 0 Å². The molecule has 7 heteroatoms. The van der Waals surface area contributed by atoms with Crippen LogP contribution in [0.4, 0.5) is 5.69 Å². The number of nitrogens with zero attached hydrogens (tertiary/aromatic N) is 1. The van der Waals surface area contributed by atoms with Crippen LogP contribution in [0.15, 0.2) is 53.4 Å². The van der Waals surface area contributed by atoms with Crippen molar-refractivity contribution in [2.24, 2.45) is 0 Å². The van der Waals surface area contributed by atoms with Gasteiger partial charge in [0.05, 0.1) is 16.5 Å². The molecule has 0 heterocycles. The number of rotatable bonds is 4. The Labute approximate surface area is 147 Å². The zero-order valence-corrected chi connectivity index (χ0v) is 15.0. The lowest BCUT2D eigenvalue weighted by Crippen LogP contribution is -2.40. The number of hydrogen-bond donors (Lipinski definition) is 2. The van der Waals surface area contributed by atoms with E-state index in [4.69, 9.17) is 5.26 Å². The van der Waals surface area contributed by atoms with E-state index in [0.717, 1.165) is 0 Å². The van der Waals surface area contributed by atoms with E-state index in [0.29, 0.717) is 16.8 Å². The molecule has 2 rings (SSSR count). The van der Waals surface area contributed by atoms with Crippen molar-refractivity contribution in [3.63, 3.8) is 0 Å². The van der Waals surface area contributed by atoms with Gasteiger partial charge in [-0.05, 0) is 63.2 Å². The molecule has 2 aromatic carbocycles. The van der Waals surface area contributed by atoms with Crippen molar-refractivity contribution >= 4 is 21.6 Å². The third kappa shape index (κ3) is 5.14. The highest BCUT2D eigenvalue weighted by molar-refractivity contribution is 7.89.